The molecule has 15 heavy (non-hydrogen) atoms. The second kappa shape index (κ2) is 3.94. The summed E-state index contributed by atoms with van der Waals surface area (Å²) in [6.07, 6.45) is 2.13. The second-order valence-electron chi connectivity index (χ2n) is 4.14. The zero-order valence-electron chi connectivity index (χ0n) is 8.31. The quantitative estimate of drug-likeness (QED) is 0.826. The van der Waals surface area contributed by atoms with Gasteiger partial charge in [0.05, 0.1) is 5.56 Å². The van der Waals surface area contributed by atoms with Crippen LogP contribution in [-0.2, 0) is 0 Å². The molecular formula is C11H11ClINO. The van der Waals surface area contributed by atoms with Gasteiger partial charge in [-0.1, -0.05) is 11.6 Å². The summed E-state index contributed by atoms with van der Waals surface area (Å²) in [6, 6.07) is 5.36. The zero-order chi connectivity index (χ0) is 11.1. The van der Waals surface area contributed by atoms with E-state index in [1.807, 2.05) is 6.07 Å². The Hall–Kier alpha value is -0.290. The maximum absolute atomic E-state index is 11.9. The third kappa shape index (κ3) is 2.64. The fourth-order valence-electron chi connectivity index (χ4n) is 1.33. The largest absolute Gasteiger partial charge is 0.347 e. The molecule has 0 atom stereocenters. The molecule has 80 valence electrons. The number of halogens is 2. The molecule has 2 nitrogen and oxygen atoms in total. The molecule has 0 heterocycles. The number of carbonyl (C=O) groups is 1. The van der Waals surface area contributed by atoms with E-state index >= 15 is 0 Å². The molecule has 0 saturated heterocycles. The number of benzene rings is 1. The highest BCUT2D eigenvalue weighted by Crippen LogP contribution is 2.34. The smallest absolute Gasteiger partial charge is 0.252 e. The summed E-state index contributed by atoms with van der Waals surface area (Å²) in [7, 11) is 0. The van der Waals surface area contributed by atoms with Crippen LogP contribution in [0.15, 0.2) is 18.2 Å². The molecule has 0 spiro atoms. The van der Waals surface area contributed by atoms with Gasteiger partial charge in [-0.15, -0.1) is 0 Å². The van der Waals surface area contributed by atoms with Gasteiger partial charge in [0, 0.05) is 14.1 Å². The van der Waals surface area contributed by atoms with Crippen LogP contribution < -0.4 is 5.32 Å². The van der Waals surface area contributed by atoms with E-state index in [-0.39, 0.29) is 11.4 Å². The van der Waals surface area contributed by atoms with E-state index in [4.69, 9.17) is 11.6 Å². The molecule has 0 unspecified atom stereocenters. The van der Waals surface area contributed by atoms with E-state index in [0.29, 0.717) is 10.6 Å². The minimum Gasteiger partial charge on any atom is -0.347 e. The predicted molar refractivity (Wildman–Crippen MR) is 69.3 cm³/mol. The van der Waals surface area contributed by atoms with E-state index < -0.39 is 0 Å². The Balaban J connectivity index is 2.21. The second-order valence-corrected chi connectivity index (χ2v) is 5.74. The van der Waals surface area contributed by atoms with Crippen molar-refractivity contribution in [2.45, 2.75) is 25.3 Å². The first-order valence-corrected chi connectivity index (χ1v) is 6.23. The number of carbonyl (C=O) groups excluding carboxylic acids is 1. The summed E-state index contributed by atoms with van der Waals surface area (Å²) in [5, 5.41) is 3.61. The number of nitrogens with one attached hydrogen (secondary N) is 1. The summed E-state index contributed by atoms with van der Waals surface area (Å²) >= 11 is 8.01. The van der Waals surface area contributed by atoms with Crippen LogP contribution in [0, 0.1) is 3.57 Å². The van der Waals surface area contributed by atoms with E-state index in [0.717, 1.165) is 16.4 Å². The van der Waals surface area contributed by atoms with Crippen molar-refractivity contribution in [2.24, 2.45) is 0 Å². The molecule has 1 amide bonds. The summed E-state index contributed by atoms with van der Waals surface area (Å²) in [5.41, 5.74) is 0.680. The molecule has 1 saturated carbocycles. The van der Waals surface area contributed by atoms with Crippen LogP contribution in [0.1, 0.15) is 30.1 Å². The molecule has 1 aromatic rings. The van der Waals surface area contributed by atoms with Gasteiger partial charge in [0.25, 0.3) is 5.91 Å². The van der Waals surface area contributed by atoms with E-state index in [9.17, 15) is 4.79 Å². The first kappa shape index (κ1) is 11.2. The van der Waals surface area contributed by atoms with Crippen molar-refractivity contribution in [1.29, 1.82) is 0 Å². The Morgan fingerprint density at radius 3 is 2.80 bits per heavy atom. The molecule has 0 radical (unpaired) electrons. The maximum Gasteiger partial charge on any atom is 0.252 e. The first-order valence-electron chi connectivity index (χ1n) is 4.78. The van der Waals surface area contributed by atoms with E-state index in [1.54, 1.807) is 12.1 Å². The molecule has 2 rings (SSSR count). The molecule has 1 fully saturated rings. The molecule has 4 heteroatoms. The summed E-state index contributed by atoms with van der Waals surface area (Å²) in [6.45, 7) is 2.06. The van der Waals surface area contributed by atoms with E-state index in [1.165, 1.54) is 0 Å². The van der Waals surface area contributed by atoms with Gasteiger partial charge < -0.3 is 5.32 Å². The summed E-state index contributed by atoms with van der Waals surface area (Å²) < 4.78 is 0.929. The van der Waals surface area contributed by atoms with Gasteiger partial charge in [-0.05, 0) is 60.6 Å². The average Bonchev–Trinajstić information content (AvgIpc) is 2.87. The fraction of sp³-hybridized carbons (Fsp3) is 0.364. The maximum atomic E-state index is 11.9. The topological polar surface area (TPSA) is 29.1 Å². The molecule has 1 aliphatic rings. The van der Waals surface area contributed by atoms with Crippen LogP contribution in [0.5, 0.6) is 0 Å². The van der Waals surface area contributed by atoms with Crippen molar-refractivity contribution >= 4 is 40.1 Å². The van der Waals surface area contributed by atoms with Gasteiger partial charge in [-0.2, -0.15) is 0 Å². The highest BCUT2D eigenvalue weighted by Gasteiger charge is 2.39. The Bertz CT molecular complexity index is 415. The Morgan fingerprint density at radius 1 is 1.53 bits per heavy atom. The highest BCUT2D eigenvalue weighted by atomic mass is 127. The van der Waals surface area contributed by atoms with Crippen molar-refractivity contribution in [1.82, 2.24) is 5.32 Å². The van der Waals surface area contributed by atoms with Crippen molar-refractivity contribution in [3.05, 3.63) is 32.4 Å². The monoisotopic (exact) mass is 335 g/mol. The molecule has 0 aromatic heterocycles. The summed E-state index contributed by atoms with van der Waals surface area (Å²) in [4.78, 5) is 11.9. The van der Waals surface area contributed by atoms with Gasteiger partial charge >= 0.3 is 0 Å². The minimum atomic E-state index is -0.0260. The number of hydrogen-bond acceptors (Lipinski definition) is 1. The molecule has 0 aliphatic heterocycles. The lowest BCUT2D eigenvalue weighted by atomic mass is 10.2. The van der Waals surface area contributed by atoms with Gasteiger partial charge in [-0.3, -0.25) is 4.79 Å². The number of hydrogen-bond donors (Lipinski definition) is 1. The van der Waals surface area contributed by atoms with Gasteiger partial charge in [0.15, 0.2) is 0 Å². The molecule has 1 aliphatic carbocycles. The fourth-order valence-corrected chi connectivity index (χ4v) is 2.08. The zero-order valence-corrected chi connectivity index (χ0v) is 11.2. The van der Waals surface area contributed by atoms with Crippen LogP contribution in [0.25, 0.3) is 0 Å². The standard InChI is InChI=1S/C11H11ClINO/c1-11(4-5-11)14-10(15)8-6-7(12)2-3-9(8)13/h2-3,6H,4-5H2,1H3,(H,14,15). The highest BCUT2D eigenvalue weighted by molar-refractivity contribution is 14.1. The van der Waals surface area contributed by atoms with E-state index in [2.05, 4.69) is 34.8 Å². The van der Waals surface area contributed by atoms with Crippen molar-refractivity contribution < 1.29 is 4.79 Å². The molecule has 1 N–H and O–H groups in total. The SMILES string of the molecule is CC1(NC(=O)c2cc(Cl)ccc2I)CC1. The minimum absolute atomic E-state index is 0.0164. The Morgan fingerprint density at radius 2 is 2.20 bits per heavy atom. The number of rotatable bonds is 2. The third-order valence-electron chi connectivity index (χ3n) is 2.59. The van der Waals surface area contributed by atoms with Crippen molar-refractivity contribution in [3.63, 3.8) is 0 Å². The first-order chi connectivity index (χ1) is 7.00. The molecule has 0 bridgehead atoms. The van der Waals surface area contributed by atoms with Crippen molar-refractivity contribution in [3.8, 4) is 0 Å². The van der Waals surface area contributed by atoms with Crippen LogP contribution in [0.4, 0.5) is 0 Å². The lowest BCUT2D eigenvalue weighted by Gasteiger charge is -2.12. The average molecular weight is 336 g/mol. The summed E-state index contributed by atoms with van der Waals surface area (Å²) in [5.74, 6) is -0.0260. The predicted octanol–water partition coefficient (Wildman–Crippen LogP) is 3.23. The number of amides is 1. The van der Waals surface area contributed by atoms with Crippen LogP contribution in [-0.4, -0.2) is 11.4 Å². The Kier molecular flexibility index (Phi) is 2.94. The molecule has 1 aromatic carbocycles. The van der Waals surface area contributed by atoms with Crippen molar-refractivity contribution in [2.75, 3.05) is 0 Å². The van der Waals surface area contributed by atoms with Crippen LogP contribution in [0.3, 0.4) is 0 Å². The normalized spacial score (nSPS) is 17.3. The van der Waals surface area contributed by atoms with Gasteiger partial charge in [0.2, 0.25) is 0 Å². The van der Waals surface area contributed by atoms with Gasteiger partial charge in [-0.25, -0.2) is 0 Å². The molecular weight excluding hydrogens is 324 g/mol. The van der Waals surface area contributed by atoms with Gasteiger partial charge in [0.1, 0.15) is 0 Å². The Labute approximate surface area is 108 Å². The third-order valence-corrected chi connectivity index (χ3v) is 3.76. The lowest BCUT2D eigenvalue weighted by molar-refractivity contribution is 0.0934. The van der Waals surface area contributed by atoms with Crippen LogP contribution in [0.2, 0.25) is 5.02 Å². The van der Waals surface area contributed by atoms with Crippen LogP contribution >= 0.6 is 34.2 Å². The lowest BCUT2D eigenvalue weighted by Crippen LogP contribution is -2.34.